The fourth-order valence-corrected chi connectivity index (χ4v) is 3.55. The average Bonchev–Trinajstić information content (AvgIpc) is 2.65. The Balaban J connectivity index is 1.79. The second kappa shape index (κ2) is 5.96. The van der Waals surface area contributed by atoms with Gasteiger partial charge in [-0.05, 0) is 44.4 Å². The number of rotatable bonds is 3. The molecule has 0 amide bonds. The lowest BCUT2D eigenvalue weighted by Gasteiger charge is -2.19. The number of aromatic nitrogens is 2. The van der Waals surface area contributed by atoms with Gasteiger partial charge in [0, 0.05) is 19.5 Å². The van der Waals surface area contributed by atoms with Crippen molar-refractivity contribution in [2.45, 2.75) is 44.6 Å². The van der Waals surface area contributed by atoms with Gasteiger partial charge in [-0.1, -0.05) is 25.0 Å². The summed E-state index contributed by atoms with van der Waals surface area (Å²) in [4.78, 5) is 4.83. The van der Waals surface area contributed by atoms with Gasteiger partial charge < -0.3 is 9.88 Å². The highest BCUT2D eigenvalue weighted by atomic mass is 15.1. The third-order valence-electron chi connectivity index (χ3n) is 4.79. The minimum absolute atomic E-state index is 0.692. The molecule has 2 unspecified atom stereocenters. The molecule has 0 radical (unpaired) electrons. The molecule has 1 aromatic carbocycles. The lowest BCUT2D eigenvalue weighted by atomic mass is 9.94. The first kappa shape index (κ1) is 13.6. The molecule has 2 atom stereocenters. The second-order valence-electron chi connectivity index (χ2n) is 6.15. The van der Waals surface area contributed by atoms with Crippen LogP contribution in [0.4, 0.5) is 0 Å². The molecule has 1 aromatic heterocycles. The van der Waals surface area contributed by atoms with Crippen LogP contribution in [0, 0.1) is 5.92 Å². The lowest BCUT2D eigenvalue weighted by molar-refractivity contribution is 0.392. The van der Waals surface area contributed by atoms with Crippen LogP contribution in [0.1, 0.15) is 37.9 Å². The van der Waals surface area contributed by atoms with Gasteiger partial charge in [0.05, 0.1) is 11.0 Å². The summed E-state index contributed by atoms with van der Waals surface area (Å²) >= 11 is 0. The Kier molecular flexibility index (Phi) is 4.06. The maximum Gasteiger partial charge on any atom is 0.109 e. The highest BCUT2D eigenvalue weighted by molar-refractivity contribution is 5.75. The normalized spacial score (nSPS) is 23.9. The van der Waals surface area contributed by atoms with E-state index in [1.807, 2.05) is 0 Å². The van der Waals surface area contributed by atoms with Gasteiger partial charge in [0.15, 0.2) is 0 Å². The van der Waals surface area contributed by atoms with E-state index in [1.165, 1.54) is 43.4 Å². The third kappa shape index (κ3) is 2.73. The van der Waals surface area contributed by atoms with E-state index >= 15 is 0 Å². The van der Waals surface area contributed by atoms with Crippen molar-refractivity contribution in [1.29, 1.82) is 0 Å². The van der Waals surface area contributed by atoms with Crippen molar-refractivity contribution in [2.75, 3.05) is 7.05 Å². The Morgan fingerprint density at radius 3 is 2.85 bits per heavy atom. The number of benzene rings is 1. The molecule has 3 nitrogen and oxygen atoms in total. The predicted octanol–water partition coefficient (Wildman–Crippen LogP) is 3.28. The number of fused-ring (bicyclic) bond motifs is 1. The molecular weight excluding hydrogens is 246 g/mol. The summed E-state index contributed by atoms with van der Waals surface area (Å²) in [7, 11) is 4.25. The summed E-state index contributed by atoms with van der Waals surface area (Å²) in [6.45, 7) is 0. The van der Waals surface area contributed by atoms with Gasteiger partial charge in [0.2, 0.25) is 0 Å². The second-order valence-corrected chi connectivity index (χ2v) is 6.15. The van der Waals surface area contributed by atoms with Crippen LogP contribution in [0.3, 0.4) is 0 Å². The van der Waals surface area contributed by atoms with Gasteiger partial charge in [-0.3, -0.25) is 0 Å². The fraction of sp³-hybridized carbons (Fsp3) is 0.588. The van der Waals surface area contributed by atoms with E-state index in [-0.39, 0.29) is 0 Å². The van der Waals surface area contributed by atoms with Crippen molar-refractivity contribution in [3.05, 3.63) is 30.1 Å². The maximum absolute atomic E-state index is 4.83. The maximum atomic E-state index is 4.83. The van der Waals surface area contributed by atoms with Crippen molar-refractivity contribution >= 4 is 11.0 Å². The first-order valence-corrected chi connectivity index (χ1v) is 7.85. The van der Waals surface area contributed by atoms with Crippen LogP contribution < -0.4 is 5.32 Å². The Morgan fingerprint density at radius 1 is 1.25 bits per heavy atom. The molecule has 1 heterocycles. The Hall–Kier alpha value is -1.35. The van der Waals surface area contributed by atoms with Crippen molar-refractivity contribution in [3.8, 4) is 0 Å². The fourth-order valence-electron chi connectivity index (χ4n) is 3.55. The van der Waals surface area contributed by atoms with Crippen LogP contribution in [0.2, 0.25) is 0 Å². The van der Waals surface area contributed by atoms with E-state index in [2.05, 4.69) is 48.2 Å². The monoisotopic (exact) mass is 271 g/mol. The summed E-state index contributed by atoms with van der Waals surface area (Å²) in [6, 6.07) is 9.13. The van der Waals surface area contributed by atoms with Gasteiger partial charge >= 0.3 is 0 Å². The summed E-state index contributed by atoms with van der Waals surface area (Å²) in [6.07, 6.45) is 7.82. The zero-order valence-electron chi connectivity index (χ0n) is 12.6. The number of nitrogens with one attached hydrogen (secondary N) is 1. The van der Waals surface area contributed by atoms with Crippen LogP contribution in [0.5, 0.6) is 0 Å². The largest absolute Gasteiger partial charge is 0.331 e. The van der Waals surface area contributed by atoms with Gasteiger partial charge in [0.1, 0.15) is 5.82 Å². The van der Waals surface area contributed by atoms with Crippen molar-refractivity contribution in [1.82, 2.24) is 14.9 Å². The summed E-state index contributed by atoms with van der Waals surface area (Å²) in [5, 5.41) is 3.47. The molecule has 0 bridgehead atoms. The zero-order valence-corrected chi connectivity index (χ0v) is 12.6. The van der Waals surface area contributed by atoms with E-state index < -0.39 is 0 Å². The number of imidazole rings is 1. The molecule has 1 saturated carbocycles. The number of hydrogen-bond donors (Lipinski definition) is 1. The topological polar surface area (TPSA) is 29.9 Å². The standard InChI is InChI=1S/C17H25N3/c1-18-14-8-4-3-7-13(11-14)12-17-19-15-9-5-6-10-16(15)20(17)2/h5-6,9-10,13-14,18H,3-4,7-8,11-12H2,1-2H3. The molecule has 0 saturated heterocycles. The summed E-state index contributed by atoms with van der Waals surface area (Å²) < 4.78 is 2.27. The summed E-state index contributed by atoms with van der Waals surface area (Å²) in [5.74, 6) is 2.01. The van der Waals surface area contributed by atoms with Crippen LogP contribution in [-0.2, 0) is 13.5 Å². The average molecular weight is 271 g/mol. The minimum Gasteiger partial charge on any atom is -0.331 e. The highest BCUT2D eigenvalue weighted by Crippen LogP contribution is 2.27. The first-order chi connectivity index (χ1) is 9.78. The molecule has 0 aliphatic heterocycles. The minimum atomic E-state index is 0.692. The van der Waals surface area contributed by atoms with Crippen LogP contribution in [-0.4, -0.2) is 22.6 Å². The molecule has 3 rings (SSSR count). The SMILES string of the molecule is CNC1CCCCC(Cc2nc3ccccc3n2C)C1. The van der Waals surface area contributed by atoms with Crippen molar-refractivity contribution in [2.24, 2.45) is 13.0 Å². The van der Waals surface area contributed by atoms with Gasteiger partial charge in [-0.15, -0.1) is 0 Å². The van der Waals surface area contributed by atoms with E-state index in [0.29, 0.717) is 6.04 Å². The number of hydrogen-bond acceptors (Lipinski definition) is 2. The number of para-hydroxylation sites is 2. The van der Waals surface area contributed by atoms with Gasteiger partial charge in [-0.2, -0.15) is 0 Å². The molecular formula is C17H25N3. The molecule has 3 heteroatoms. The molecule has 1 aliphatic carbocycles. The Morgan fingerprint density at radius 2 is 2.05 bits per heavy atom. The zero-order chi connectivity index (χ0) is 13.9. The predicted molar refractivity (Wildman–Crippen MR) is 83.8 cm³/mol. The molecule has 1 fully saturated rings. The highest BCUT2D eigenvalue weighted by Gasteiger charge is 2.21. The molecule has 20 heavy (non-hydrogen) atoms. The Labute approximate surface area is 121 Å². The van der Waals surface area contributed by atoms with Gasteiger partial charge in [-0.25, -0.2) is 4.98 Å². The van der Waals surface area contributed by atoms with E-state index in [4.69, 9.17) is 4.98 Å². The molecule has 1 N–H and O–H groups in total. The van der Waals surface area contributed by atoms with E-state index in [0.717, 1.165) is 17.9 Å². The molecule has 1 aliphatic rings. The van der Waals surface area contributed by atoms with E-state index in [9.17, 15) is 0 Å². The van der Waals surface area contributed by atoms with Crippen LogP contribution >= 0.6 is 0 Å². The third-order valence-corrected chi connectivity index (χ3v) is 4.79. The van der Waals surface area contributed by atoms with Crippen molar-refractivity contribution < 1.29 is 0 Å². The molecule has 0 spiro atoms. The summed E-state index contributed by atoms with van der Waals surface area (Å²) in [5.41, 5.74) is 2.38. The first-order valence-electron chi connectivity index (χ1n) is 7.85. The quantitative estimate of drug-likeness (QED) is 0.868. The van der Waals surface area contributed by atoms with Crippen molar-refractivity contribution in [3.63, 3.8) is 0 Å². The number of nitrogens with zero attached hydrogens (tertiary/aromatic N) is 2. The molecule has 108 valence electrons. The molecule has 2 aromatic rings. The number of aryl methyl sites for hydroxylation is 1. The lowest BCUT2D eigenvalue weighted by Crippen LogP contribution is -2.27. The Bertz CT molecular complexity index is 573. The smallest absolute Gasteiger partial charge is 0.109 e. The van der Waals surface area contributed by atoms with E-state index in [1.54, 1.807) is 0 Å². The van der Waals surface area contributed by atoms with Crippen LogP contribution in [0.15, 0.2) is 24.3 Å². The van der Waals surface area contributed by atoms with Gasteiger partial charge in [0.25, 0.3) is 0 Å². The van der Waals surface area contributed by atoms with Crippen LogP contribution in [0.25, 0.3) is 11.0 Å².